The summed E-state index contributed by atoms with van der Waals surface area (Å²) in [5.41, 5.74) is 0.655. The maximum atomic E-state index is 13.5. The summed E-state index contributed by atoms with van der Waals surface area (Å²) in [5.74, 6) is -4.07. The van der Waals surface area contributed by atoms with Gasteiger partial charge in [-0.1, -0.05) is 72.8 Å². The molecule has 0 aromatic heterocycles. The predicted octanol–water partition coefficient (Wildman–Crippen LogP) is 4.43. The van der Waals surface area contributed by atoms with E-state index in [1.807, 2.05) is 0 Å². The first-order valence-corrected chi connectivity index (χ1v) is 15.2. The highest BCUT2D eigenvalue weighted by Gasteiger charge is 2.54. The molecule has 4 aromatic rings. The van der Waals surface area contributed by atoms with Crippen molar-refractivity contribution in [1.82, 2.24) is 0 Å². The van der Waals surface area contributed by atoms with Crippen LogP contribution in [0.4, 0.5) is 0 Å². The topological polar surface area (TPSA) is 150 Å². The molecule has 0 bridgehead atoms. The molecule has 1 saturated heterocycles. The van der Waals surface area contributed by atoms with Gasteiger partial charge in [0.05, 0.1) is 29.4 Å². The third-order valence-corrected chi connectivity index (χ3v) is 7.33. The molecule has 0 N–H and O–H groups in total. The van der Waals surface area contributed by atoms with Crippen LogP contribution in [0.2, 0.25) is 0 Å². The Labute approximate surface area is 281 Å². The zero-order valence-electron chi connectivity index (χ0n) is 26.2. The second kappa shape index (κ2) is 16.8. The maximum absolute atomic E-state index is 13.5. The van der Waals surface area contributed by atoms with Crippen LogP contribution in [0.15, 0.2) is 121 Å². The lowest BCUT2D eigenvalue weighted by atomic mass is 9.97. The Morgan fingerprint density at radius 1 is 0.531 bits per heavy atom. The van der Waals surface area contributed by atoms with E-state index in [0.717, 1.165) is 7.11 Å². The van der Waals surface area contributed by atoms with Crippen LogP contribution in [0.5, 0.6) is 0 Å². The van der Waals surface area contributed by atoms with Crippen LogP contribution < -0.4 is 0 Å². The van der Waals surface area contributed by atoms with Gasteiger partial charge in [-0.05, 0) is 48.5 Å². The Hall–Kier alpha value is -5.85. The second-order valence-electron chi connectivity index (χ2n) is 10.6. The molecule has 1 heterocycles. The van der Waals surface area contributed by atoms with Crippen molar-refractivity contribution >= 4 is 29.8 Å². The van der Waals surface area contributed by atoms with Crippen molar-refractivity contribution in [2.24, 2.45) is 0 Å². The highest BCUT2D eigenvalue weighted by molar-refractivity contribution is 5.91. The monoisotopic (exact) mass is 668 g/mol. The minimum Gasteiger partial charge on any atom is -0.467 e. The number of methoxy groups -OCH3 is 1. The average molecular weight is 669 g/mol. The molecule has 0 amide bonds. The van der Waals surface area contributed by atoms with Gasteiger partial charge < -0.3 is 33.2 Å². The van der Waals surface area contributed by atoms with E-state index in [9.17, 15) is 24.0 Å². The number of rotatable bonds is 12. The van der Waals surface area contributed by atoms with Crippen molar-refractivity contribution < 1.29 is 57.1 Å². The number of benzene rings is 4. The fourth-order valence-electron chi connectivity index (χ4n) is 4.87. The smallest absolute Gasteiger partial charge is 0.338 e. The summed E-state index contributed by atoms with van der Waals surface area (Å²) >= 11 is 0. The molecule has 0 aliphatic carbocycles. The second-order valence-corrected chi connectivity index (χ2v) is 10.6. The fraction of sp³-hybridized carbons (Fsp3) is 0.216. The van der Waals surface area contributed by atoms with Crippen molar-refractivity contribution in [3.8, 4) is 0 Å². The third-order valence-electron chi connectivity index (χ3n) is 7.33. The number of esters is 5. The summed E-state index contributed by atoms with van der Waals surface area (Å²) in [6.07, 6.45) is -7.71. The molecular weight excluding hydrogens is 636 g/mol. The standard InChI is InChI=1S/C37H32O12/c1-43-29(38)23-45-37-32(49-36(42)27-20-12-5-13-21-27)31(48-35(41)26-18-10-4-11-19-26)30(47-34(40)25-16-8-3-9-17-25)28(46-37)22-44-33(39)24-14-6-2-7-15-24/h2-21,28,30-32,37H,22-23H2,1H3/t28?,30-,31?,32-,37+/m0/s1. The summed E-state index contributed by atoms with van der Waals surface area (Å²) in [6, 6.07) is 32.0. The minimum atomic E-state index is -1.61. The molecule has 0 spiro atoms. The summed E-state index contributed by atoms with van der Waals surface area (Å²) in [4.78, 5) is 65.5. The van der Waals surface area contributed by atoms with E-state index in [0.29, 0.717) is 0 Å². The first-order valence-electron chi connectivity index (χ1n) is 15.2. The zero-order valence-corrected chi connectivity index (χ0v) is 26.2. The van der Waals surface area contributed by atoms with Crippen LogP contribution in [-0.2, 0) is 38.0 Å². The fourth-order valence-corrected chi connectivity index (χ4v) is 4.87. The van der Waals surface area contributed by atoms with Crippen LogP contribution in [-0.4, -0.2) is 80.9 Å². The van der Waals surface area contributed by atoms with Gasteiger partial charge in [0.1, 0.15) is 19.3 Å². The Morgan fingerprint density at radius 3 is 1.35 bits per heavy atom. The summed E-state index contributed by atoms with van der Waals surface area (Å²) in [6.45, 7) is -1.19. The quantitative estimate of drug-likeness (QED) is 0.155. The molecule has 0 saturated carbocycles. The SMILES string of the molecule is COC(=O)CO[C@@H]1OC(COC(=O)c2ccccc2)[C@H](OC(=O)c2ccccc2)C(OC(=O)c2ccccc2)[C@@H]1OC(=O)c1ccccc1. The molecule has 4 aromatic carbocycles. The van der Waals surface area contributed by atoms with Crippen molar-refractivity contribution in [3.05, 3.63) is 144 Å². The highest BCUT2D eigenvalue weighted by Crippen LogP contribution is 2.32. The molecule has 2 unspecified atom stereocenters. The van der Waals surface area contributed by atoms with E-state index in [2.05, 4.69) is 0 Å². The van der Waals surface area contributed by atoms with Crippen LogP contribution in [0.25, 0.3) is 0 Å². The lowest BCUT2D eigenvalue weighted by Crippen LogP contribution is -2.63. The molecule has 49 heavy (non-hydrogen) atoms. The van der Waals surface area contributed by atoms with Gasteiger partial charge in [0.15, 0.2) is 24.6 Å². The van der Waals surface area contributed by atoms with E-state index in [1.165, 1.54) is 36.4 Å². The van der Waals surface area contributed by atoms with E-state index >= 15 is 0 Å². The van der Waals surface area contributed by atoms with Gasteiger partial charge in [-0.2, -0.15) is 0 Å². The lowest BCUT2D eigenvalue weighted by Gasteiger charge is -2.44. The number of ether oxygens (including phenoxy) is 7. The number of carbonyl (C=O) groups is 5. The Morgan fingerprint density at radius 2 is 0.918 bits per heavy atom. The number of hydrogen-bond donors (Lipinski definition) is 0. The molecule has 252 valence electrons. The van der Waals surface area contributed by atoms with Gasteiger partial charge in [0, 0.05) is 0 Å². The normalized spacial score (nSPS) is 19.9. The first-order chi connectivity index (χ1) is 23.8. The summed E-state index contributed by atoms with van der Waals surface area (Å²) < 4.78 is 39.8. The third kappa shape index (κ3) is 9.15. The van der Waals surface area contributed by atoms with Crippen LogP contribution >= 0.6 is 0 Å². The van der Waals surface area contributed by atoms with Gasteiger partial charge in [-0.3, -0.25) is 0 Å². The predicted molar refractivity (Wildman–Crippen MR) is 170 cm³/mol. The molecule has 12 heteroatoms. The van der Waals surface area contributed by atoms with Gasteiger partial charge in [0.2, 0.25) is 0 Å². The summed E-state index contributed by atoms with van der Waals surface area (Å²) in [7, 11) is 1.15. The molecule has 1 aliphatic rings. The largest absolute Gasteiger partial charge is 0.467 e. The minimum absolute atomic E-state index is 0.134. The zero-order chi connectivity index (χ0) is 34.6. The Balaban J connectivity index is 1.55. The van der Waals surface area contributed by atoms with Crippen LogP contribution in [0, 0.1) is 0 Å². The van der Waals surface area contributed by atoms with E-state index in [4.69, 9.17) is 33.2 Å². The number of carbonyl (C=O) groups excluding carboxylic acids is 5. The molecule has 5 atom stereocenters. The Bertz CT molecular complexity index is 1710. The van der Waals surface area contributed by atoms with Crippen molar-refractivity contribution in [1.29, 1.82) is 0 Å². The van der Waals surface area contributed by atoms with Crippen LogP contribution in [0.3, 0.4) is 0 Å². The molecule has 1 aliphatic heterocycles. The van der Waals surface area contributed by atoms with E-state index < -0.39 is 73.8 Å². The van der Waals surface area contributed by atoms with Gasteiger partial charge >= 0.3 is 29.8 Å². The molecule has 5 rings (SSSR count). The lowest BCUT2D eigenvalue weighted by molar-refractivity contribution is -0.297. The van der Waals surface area contributed by atoms with Crippen molar-refractivity contribution in [2.75, 3.05) is 20.3 Å². The Kier molecular flexibility index (Phi) is 11.8. The molecule has 12 nitrogen and oxygen atoms in total. The van der Waals surface area contributed by atoms with Gasteiger partial charge in [-0.15, -0.1) is 0 Å². The van der Waals surface area contributed by atoms with E-state index in [-0.39, 0.29) is 22.3 Å². The van der Waals surface area contributed by atoms with Gasteiger partial charge in [0.25, 0.3) is 0 Å². The van der Waals surface area contributed by atoms with Crippen molar-refractivity contribution in [2.45, 2.75) is 30.7 Å². The highest BCUT2D eigenvalue weighted by atomic mass is 16.7. The van der Waals surface area contributed by atoms with E-state index in [1.54, 1.807) is 84.9 Å². The molecule has 0 radical (unpaired) electrons. The average Bonchev–Trinajstić information content (AvgIpc) is 3.15. The number of hydrogen-bond acceptors (Lipinski definition) is 12. The maximum Gasteiger partial charge on any atom is 0.338 e. The molecule has 1 fully saturated rings. The van der Waals surface area contributed by atoms with Crippen molar-refractivity contribution in [3.63, 3.8) is 0 Å². The first kappa shape index (κ1) is 34.5. The van der Waals surface area contributed by atoms with Gasteiger partial charge in [-0.25, -0.2) is 24.0 Å². The summed E-state index contributed by atoms with van der Waals surface area (Å²) in [5, 5.41) is 0. The van der Waals surface area contributed by atoms with Crippen LogP contribution in [0.1, 0.15) is 41.4 Å². The molecular formula is C37H32O12.